The summed E-state index contributed by atoms with van der Waals surface area (Å²) in [6, 6.07) is 24.5. The van der Waals surface area contributed by atoms with Crippen LogP contribution >= 0.6 is 35.0 Å². The van der Waals surface area contributed by atoms with Gasteiger partial charge in [-0.2, -0.15) is 0 Å². The first kappa shape index (κ1) is 27.1. The van der Waals surface area contributed by atoms with E-state index in [0.717, 1.165) is 23.1 Å². The van der Waals surface area contributed by atoms with Crippen LogP contribution in [0, 0.1) is 0 Å². The molecule has 0 aliphatic rings. The molecule has 1 N–H and O–H groups in total. The molecule has 0 fully saturated rings. The van der Waals surface area contributed by atoms with Gasteiger partial charge in [0, 0.05) is 25.3 Å². The standard InChI is InChI=1S/C28H30Cl2N2O2S/c1-2-15-31-28(34)26(17-21-9-5-3-6-10-21)32(18-22-11-7-4-8-12-22)27(33)20-35-19-23-13-14-24(29)25(30)16-23/h3-14,16,26H,2,15,17-20H2,1H3,(H,31,34)/t26-/m0/s1. The number of amides is 2. The maximum atomic E-state index is 13.5. The highest BCUT2D eigenvalue weighted by Crippen LogP contribution is 2.25. The van der Waals surface area contributed by atoms with Crippen LogP contribution in [0.4, 0.5) is 0 Å². The molecule has 184 valence electrons. The molecule has 0 aliphatic carbocycles. The number of nitrogens with zero attached hydrogens (tertiary/aromatic N) is 1. The Balaban J connectivity index is 1.80. The van der Waals surface area contributed by atoms with Crippen LogP contribution in [0.5, 0.6) is 0 Å². The molecule has 0 spiro atoms. The summed E-state index contributed by atoms with van der Waals surface area (Å²) in [6.07, 6.45) is 1.28. The molecular weight excluding hydrogens is 499 g/mol. The van der Waals surface area contributed by atoms with Crippen molar-refractivity contribution in [2.45, 2.75) is 38.1 Å². The summed E-state index contributed by atoms with van der Waals surface area (Å²) < 4.78 is 0. The Hall–Kier alpha value is -2.47. The topological polar surface area (TPSA) is 49.4 Å². The van der Waals surface area contributed by atoms with Crippen molar-refractivity contribution in [2.75, 3.05) is 12.3 Å². The van der Waals surface area contributed by atoms with Gasteiger partial charge in [0.1, 0.15) is 6.04 Å². The van der Waals surface area contributed by atoms with E-state index in [4.69, 9.17) is 23.2 Å². The van der Waals surface area contributed by atoms with Crippen LogP contribution in [0.15, 0.2) is 78.9 Å². The number of benzene rings is 3. The molecule has 0 aliphatic heterocycles. The Morgan fingerprint density at radius 2 is 1.54 bits per heavy atom. The number of rotatable bonds is 12. The molecule has 0 radical (unpaired) electrons. The van der Waals surface area contributed by atoms with E-state index in [-0.39, 0.29) is 17.6 Å². The first-order valence-electron chi connectivity index (χ1n) is 11.6. The van der Waals surface area contributed by atoms with Crippen LogP contribution in [-0.2, 0) is 28.3 Å². The van der Waals surface area contributed by atoms with E-state index < -0.39 is 6.04 Å². The summed E-state index contributed by atoms with van der Waals surface area (Å²) in [7, 11) is 0. The third-order valence-electron chi connectivity index (χ3n) is 5.49. The van der Waals surface area contributed by atoms with Crippen LogP contribution in [0.1, 0.15) is 30.0 Å². The molecule has 2 amide bonds. The van der Waals surface area contributed by atoms with Gasteiger partial charge in [0.2, 0.25) is 11.8 Å². The molecule has 3 aromatic carbocycles. The van der Waals surface area contributed by atoms with Gasteiger partial charge in [0.25, 0.3) is 0 Å². The fourth-order valence-corrected chi connectivity index (χ4v) is 4.85. The van der Waals surface area contributed by atoms with E-state index in [1.54, 1.807) is 11.0 Å². The molecule has 0 bridgehead atoms. The zero-order valence-corrected chi connectivity index (χ0v) is 22.1. The number of carbonyl (C=O) groups excluding carboxylic acids is 2. The molecule has 4 nitrogen and oxygen atoms in total. The molecule has 0 saturated carbocycles. The average Bonchev–Trinajstić information content (AvgIpc) is 2.88. The summed E-state index contributed by atoms with van der Waals surface area (Å²) in [5.74, 6) is 0.660. The first-order valence-corrected chi connectivity index (χ1v) is 13.6. The monoisotopic (exact) mass is 528 g/mol. The Bertz CT molecular complexity index is 1100. The van der Waals surface area contributed by atoms with Gasteiger partial charge in [-0.25, -0.2) is 0 Å². The predicted molar refractivity (Wildman–Crippen MR) is 147 cm³/mol. The Morgan fingerprint density at radius 1 is 0.886 bits per heavy atom. The molecule has 0 unspecified atom stereocenters. The highest BCUT2D eigenvalue weighted by molar-refractivity contribution is 7.99. The third kappa shape index (κ3) is 8.60. The predicted octanol–water partition coefficient (Wildman–Crippen LogP) is 6.39. The molecule has 0 saturated heterocycles. The summed E-state index contributed by atoms with van der Waals surface area (Å²) in [4.78, 5) is 28.5. The lowest BCUT2D eigenvalue weighted by molar-refractivity contribution is -0.139. The lowest BCUT2D eigenvalue weighted by atomic mass is 10.0. The number of nitrogens with one attached hydrogen (secondary N) is 1. The normalized spacial score (nSPS) is 11.6. The average molecular weight is 530 g/mol. The van der Waals surface area contributed by atoms with Crippen LogP contribution in [0.25, 0.3) is 0 Å². The Morgan fingerprint density at radius 3 is 2.17 bits per heavy atom. The minimum atomic E-state index is -0.609. The van der Waals surface area contributed by atoms with Gasteiger partial charge in [-0.1, -0.05) is 96.9 Å². The maximum Gasteiger partial charge on any atom is 0.243 e. The third-order valence-corrected chi connectivity index (χ3v) is 7.22. The molecule has 0 aromatic heterocycles. The van der Waals surface area contributed by atoms with E-state index in [2.05, 4.69) is 5.32 Å². The lowest BCUT2D eigenvalue weighted by Gasteiger charge is -2.31. The first-order chi connectivity index (χ1) is 17.0. The number of halogens is 2. The fourth-order valence-electron chi connectivity index (χ4n) is 3.67. The molecule has 0 heterocycles. The van der Waals surface area contributed by atoms with E-state index in [9.17, 15) is 9.59 Å². The lowest BCUT2D eigenvalue weighted by Crippen LogP contribution is -2.51. The number of carbonyl (C=O) groups is 2. The van der Waals surface area contributed by atoms with E-state index >= 15 is 0 Å². The van der Waals surface area contributed by atoms with Crippen molar-refractivity contribution in [3.63, 3.8) is 0 Å². The number of hydrogen-bond donors (Lipinski definition) is 1. The van der Waals surface area contributed by atoms with Gasteiger partial charge in [-0.05, 0) is 35.2 Å². The Kier molecular flexibility index (Phi) is 11.0. The van der Waals surface area contributed by atoms with Crippen LogP contribution in [0.2, 0.25) is 10.0 Å². The second kappa shape index (κ2) is 14.2. The zero-order valence-electron chi connectivity index (χ0n) is 19.8. The van der Waals surface area contributed by atoms with Crippen molar-refractivity contribution in [1.82, 2.24) is 10.2 Å². The summed E-state index contributed by atoms with van der Waals surface area (Å²) in [5, 5.41) is 4.00. The van der Waals surface area contributed by atoms with E-state index in [0.29, 0.717) is 35.3 Å². The highest BCUT2D eigenvalue weighted by Gasteiger charge is 2.30. The maximum absolute atomic E-state index is 13.5. The largest absolute Gasteiger partial charge is 0.354 e. The fraction of sp³-hybridized carbons (Fsp3) is 0.286. The van der Waals surface area contributed by atoms with Crippen molar-refractivity contribution in [2.24, 2.45) is 0 Å². The van der Waals surface area contributed by atoms with Crippen molar-refractivity contribution in [3.05, 3.63) is 106 Å². The highest BCUT2D eigenvalue weighted by atomic mass is 35.5. The van der Waals surface area contributed by atoms with Gasteiger partial charge in [-0.3, -0.25) is 9.59 Å². The van der Waals surface area contributed by atoms with Gasteiger partial charge >= 0.3 is 0 Å². The van der Waals surface area contributed by atoms with Crippen LogP contribution < -0.4 is 5.32 Å². The van der Waals surface area contributed by atoms with E-state index in [1.807, 2.05) is 79.7 Å². The second-order valence-corrected chi connectivity index (χ2v) is 10.0. The molecule has 7 heteroatoms. The van der Waals surface area contributed by atoms with Gasteiger partial charge in [0.15, 0.2) is 0 Å². The van der Waals surface area contributed by atoms with Crippen molar-refractivity contribution < 1.29 is 9.59 Å². The van der Waals surface area contributed by atoms with Crippen molar-refractivity contribution >= 4 is 46.8 Å². The van der Waals surface area contributed by atoms with Crippen molar-refractivity contribution in [1.29, 1.82) is 0 Å². The summed E-state index contributed by atoms with van der Waals surface area (Å²) in [6.45, 7) is 2.95. The van der Waals surface area contributed by atoms with E-state index in [1.165, 1.54) is 11.8 Å². The quantitative estimate of drug-likeness (QED) is 0.296. The molecule has 3 rings (SSSR count). The van der Waals surface area contributed by atoms with Gasteiger partial charge < -0.3 is 10.2 Å². The molecule has 3 aromatic rings. The second-order valence-electron chi connectivity index (χ2n) is 8.25. The Labute approximate surface area is 222 Å². The molecule has 35 heavy (non-hydrogen) atoms. The minimum Gasteiger partial charge on any atom is -0.354 e. The molecule has 1 atom stereocenters. The van der Waals surface area contributed by atoms with Gasteiger partial charge in [0.05, 0.1) is 15.8 Å². The number of thioether (sulfide) groups is 1. The molecular formula is C28H30Cl2N2O2S. The van der Waals surface area contributed by atoms with Crippen LogP contribution in [0.3, 0.4) is 0 Å². The van der Waals surface area contributed by atoms with Crippen molar-refractivity contribution in [3.8, 4) is 0 Å². The SMILES string of the molecule is CCCNC(=O)[C@H](Cc1ccccc1)N(Cc1ccccc1)C(=O)CSCc1ccc(Cl)c(Cl)c1. The van der Waals surface area contributed by atoms with Gasteiger partial charge in [-0.15, -0.1) is 11.8 Å². The number of hydrogen-bond acceptors (Lipinski definition) is 3. The smallest absolute Gasteiger partial charge is 0.243 e. The summed E-state index contributed by atoms with van der Waals surface area (Å²) in [5.41, 5.74) is 2.99. The van der Waals surface area contributed by atoms with Crippen LogP contribution in [-0.4, -0.2) is 35.1 Å². The minimum absolute atomic E-state index is 0.0773. The summed E-state index contributed by atoms with van der Waals surface area (Å²) >= 11 is 13.6. The zero-order chi connectivity index (χ0) is 25.0.